The Morgan fingerprint density at radius 3 is 2.36 bits per heavy atom. The van der Waals surface area contributed by atoms with E-state index in [1.807, 2.05) is 0 Å². The van der Waals surface area contributed by atoms with Crippen LogP contribution in [-0.4, -0.2) is 12.3 Å². The van der Waals surface area contributed by atoms with Gasteiger partial charge < -0.3 is 14.6 Å². The Kier molecular flexibility index (Phi) is 2.64. The zero-order valence-corrected chi connectivity index (χ0v) is 6.67. The van der Waals surface area contributed by atoms with Gasteiger partial charge in [0, 0.05) is 5.56 Å². The molecule has 0 aliphatic rings. The first-order valence-corrected chi connectivity index (χ1v) is 3.46. The van der Waals surface area contributed by atoms with Gasteiger partial charge >= 0.3 is 6.36 Å². The summed E-state index contributed by atoms with van der Waals surface area (Å²) in [6, 6.07) is 4.37. The van der Waals surface area contributed by atoms with E-state index >= 15 is 0 Å². The quantitative estimate of drug-likeness (QED) is 0.722. The minimum Gasteiger partial charge on any atom is -0.545 e. The summed E-state index contributed by atoms with van der Waals surface area (Å²) in [5.41, 5.74) is -0.634. The summed E-state index contributed by atoms with van der Waals surface area (Å²) in [4.78, 5) is 10.3. The highest BCUT2D eigenvalue weighted by molar-refractivity contribution is 5.89. The maximum atomic E-state index is 11.7. The van der Waals surface area contributed by atoms with Crippen LogP contribution in [0.3, 0.4) is 0 Å². The summed E-state index contributed by atoms with van der Waals surface area (Å²) in [5, 5.41) is 10.3. The normalized spacial score (nSPS) is 11.1. The number of rotatable bonds is 2. The van der Waals surface area contributed by atoms with Gasteiger partial charge in [0.05, 0.1) is 5.97 Å². The molecule has 1 rings (SSSR count). The molecule has 0 unspecified atom stereocenters. The summed E-state index contributed by atoms with van der Waals surface area (Å²) >= 11 is 0. The van der Waals surface area contributed by atoms with Gasteiger partial charge in [-0.05, 0) is 12.1 Å². The van der Waals surface area contributed by atoms with Crippen molar-refractivity contribution in [3.05, 3.63) is 29.8 Å². The van der Waals surface area contributed by atoms with Gasteiger partial charge in [0.25, 0.3) is 0 Å². The number of carbonyl (C=O) groups excluding carboxylic acids is 1. The van der Waals surface area contributed by atoms with E-state index < -0.39 is 23.6 Å². The van der Waals surface area contributed by atoms with Crippen molar-refractivity contribution >= 4 is 5.97 Å². The van der Waals surface area contributed by atoms with Crippen LogP contribution in [0.4, 0.5) is 13.2 Å². The molecule has 0 N–H and O–H groups in total. The molecule has 0 fully saturated rings. The van der Waals surface area contributed by atoms with E-state index in [-0.39, 0.29) is 0 Å². The van der Waals surface area contributed by atoms with E-state index in [0.717, 1.165) is 12.1 Å². The van der Waals surface area contributed by atoms with Gasteiger partial charge in [-0.25, -0.2) is 0 Å². The number of carboxylic acids is 1. The summed E-state index contributed by atoms with van der Waals surface area (Å²) in [5.74, 6) is -2.50. The number of hydrogen-bond acceptors (Lipinski definition) is 3. The Hall–Kier alpha value is -1.72. The standard InChI is InChI=1S/C8H5F3O3/c9-8(10,11)14-6-4-2-1-3-5(6)7(12)13/h1-4H,(H,12,13)/p-1. The van der Waals surface area contributed by atoms with Crippen LogP contribution >= 0.6 is 0 Å². The molecule has 0 aliphatic heterocycles. The van der Waals surface area contributed by atoms with Crippen LogP contribution in [0.15, 0.2) is 24.3 Å². The van der Waals surface area contributed by atoms with Crippen molar-refractivity contribution in [2.24, 2.45) is 0 Å². The summed E-state index contributed by atoms with van der Waals surface area (Å²) in [6.07, 6.45) is -4.91. The molecule has 1 aromatic rings. The van der Waals surface area contributed by atoms with Gasteiger partial charge in [-0.1, -0.05) is 12.1 Å². The molecule has 0 aromatic heterocycles. The lowest BCUT2D eigenvalue weighted by Crippen LogP contribution is -2.25. The minimum absolute atomic E-state index is 0.634. The molecule has 0 bridgehead atoms. The van der Waals surface area contributed by atoms with E-state index in [1.165, 1.54) is 12.1 Å². The fraction of sp³-hybridized carbons (Fsp3) is 0.125. The van der Waals surface area contributed by atoms with Crippen molar-refractivity contribution in [1.29, 1.82) is 0 Å². The van der Waals surface area contributed by atoms with Crippen LogP contribution in [0.2, 0.25) is 0 Å². The highest BCUT2D eigenvalue weighted by atomic mass is 19.4. The van der Waals surface area contributed by atoms with E-state index in [2.05, 4.69) is 4.74 Å². The van der Waals surface area contributed by atoms with Crippen molar-refractivity contribution in [3.8, 4) is 5.75 Å². The van der Waals surface area contributed by atoms with Crippen LogP contribution in [0, 0.1) is 0 Å². The first kappa shape index (κ1) is 10.4. The Morgan fingerprint density at radius 2 is 1.86 bits per heavy atom. The second-order valence-electron chi connectivity index (χ2n) is 2.33. The summed E-state index contributed by atoms with van der Waals surface area (Å²) in [7, 11) is 0. The summed E-state index contributed by atoms with van der Waals surface area (Å²) < 4.78 is 38.7. The highest BCUT2D eigenvalue weighted by Crippen LogP contribution is 2.25. The first-order chi connectivity index (χ1) is 6.40. The zero-order chi connectivity index (χ0) is 10.8. The Balaban J connectivity index is 3.02. The van der Waals surface area contributed by atoms with Gasteiger partial charge in [0.1, 0.15) is 5.75 Å². The molecule has 1 aromatic carbocycles. The van der Waals surface area contributed by atoms with Crippen molar-refractivity contribution in [3.63, 3.8) is 0 Å². The molecule has 0 amide bonds. The fourth-order valence-electron chi connectivity index (χ4n) is 0.849. The molecule has 0 heterocycles. The first-order valence-electron chi connectivity index (χ1n) is 3.46. The molecular weight excluding hydrogens is 201 g/mol. The fourth-order valence-corrected chi connectivity index (χ4v) is 0.849. The Bertz CT molecular complexity index is 346. The van der Waals surface area contributed by atoms with E-state index in [1.54, 1.807) is 0 Å². The van der Waals surface area contributed by atoms with Gasteiger partial charge in [-0.15, -0.1) is 13.2 Å². The predicted octanol–water partition coefficient (Wildman–Crippen LogP) is 0.949. The largest absolute Gasteiger partial charge is 0.573 e. The SMILES string of the molecule is O=C([O-])c1ccccc1OC(F)(F)F. The van der Waals surface area contributed by atoms with Gasteiger partial charge in [-0.2, -0.15) is 0 Å². The number of hydrogen-bond donors (Lipinski definition) is 0. The lowest BCUT2D eigenvalue weighted by atomic mass is 10.2. The lowest BCUT2D eigenvalue weighted by Gasteiger charge is -2.13. The van der Waals surface area contributed by atoms with Gasteiger partial charge in [0.15, 0.2) is 0 Å². The minimum atomic E-state index is -4.91. The zero-order valence-electron chi connectivity index (χ0n) is 6.67. The number of aromatic carboxylic acids is 1. The number of carbonyl (C=O) groups is 1. The molecule has 0 aliphatic carbocycles. The van der Waals surface area contributed by atoms with Crippen molar-refractivity contribution in [1.82, 2.24) is 0 Å². The van der Waals surface area contributed by atoms with Crippen molar-refractivity contribution in [2.45, 2.75) is 6.36 Å². The molecule has 76 valence electrons. The van der Waals surface area contributed by atoms with Crippen LogP contribution in [-0.2, 0) is 0 Å². The van der Waals surface area contributed by atoms with Gasteiger partial charge in [-0.3, -0.25) is 0 Å². The van der Waals surface area contributed by atoms with Crippen LogP contribution < -0.4 is 9.84 Å². The van der Waals surface area contributed by atoms with Gasteiger partial charge in [0.2, 0.25) is 0 Å². The highest BCUT2D eigenvalue weighted by Gasteiger charge is 2.32. The third kappa shape index (κ3) is 2.65. The average Bonchev–Trinajstić information content (AvgIpc) is 2.01. The maximum absolute atomic E-state index is 11.7. The molecule has 0 saturated heterocycles. The number of carboxylic acid groups (broad SMARTS) is 1. The molecular formula is C8H4F3O3-. The molecule has 3 nitrogen and oxygen atoms in total. The molecule has 6 heteroatoms. The second-order valence-corrected chi connectivity index (χ2v) is 2.33. The number of benzene rings is 1. The lowest BCUT2D eigenvalue weighted by molar-refractivity contribution is -0.276. The summed E-state index contributed by atoms with van der Waals surface area (Å²) in [6.45, 7) is 0. The van der Waals surface area contributed by atoms with Crippen molar-refractivity contribution in [2.75, 3.05) is 0 Å². The third-order valence-electron chi connectivity index (χ3n) is 1.33. The van der Waals surface area contributed by atoms with Crippen molar-refractivity contribution < 1.29 is 27.8 Å². The Morgan fingerprint density at radius 1 is 1.29 bits per heavy atom. The van der Waals surface area contributed by atoms with Crippen LogP contribution in [0.25, 0.3) is 0 Å². The van der Waals surface area contributed by atoms with E-state index in [9.17, 15) is 23.1 Å². The predicted molar refractivity (Wildman–Crippen MR) is 37.5 cm³/mol. The molecule has 0 saturated carbocycles. The topological polar surface area (TPSA) is 49.4 Å². The number of ether oxygens (including phenoxy) is 1. The average molecular weight is 205 g/mol. The van der Waals surface area contributed by atoms with Crippen LogP contribution in [0.5, 0.6) is 5.75 Å². The molecule has 0 atom stereocenters. The maximum Gasteiger partial charge on any atom is 0.573 e. The van der Waals surface area contributed by atoms with E-state index in [4.69, 9.17) is 0 Å². The Labute approximate surface area is 76.7 Å². The molecule has 0 radical (unpaired) electrons. The van der Waals surface area contributed by atoms with Crippen LogP contribution in [0.1, 0.15) is 10.4 Å². The second kappa shape index (κ2) is 3.57. The number of alkyl halides is 3. The van der Waals surface area contributed by atoms with E-state index in [0.29, 0.717) is 0 Å². The molecule has 14 heavy (non-hydrogen) atoms. The third-order valence-corrected chi connectivity index (χ3v) is 1.33. The number of para-hydroxylation sites is 1. The monoisotopic (exact) mass is 205 g/mol. The smallest absolute Gasteiger partial charge is 0.545 e. The molecule has 0 spiro atoms. The number of halogens is 3.